The third kappa shape index (κ3) is 7.75. The van der Waals surface area contributed by atoms with Crippen molar-refractivity contribution < 1.29 is 33.3 Å². The summed E-state index contributed by atoms with van der Waals surface area (Å²) in [6.45, 7) is 6.78. The van der Waals surface area contributed by atoms with Crippen LogP contribution in [0, 0.1) is 5.92 Å². The van der Waals surface area contributed by atoms with Crippen LogP contribution in [-0.2, 0) is 9.59 Å². The van der Waals surface area contributed by atoms with Crippen LogP contribution in [-0.4, -0.2) is 56.2 Å². The lowest BCUT2D eigenvalue weighted by molar-refractivity contribution is -0.132. The summed E-state index contributed by atoms with van der Waals surface area (Å²) in [6, 6.07) is 15.5. The van der Waals surface area contributed by atoms with E-state index in [1.165, 1.54) is 26.3 Å². The highest BCUT2D eigenvalue weighted by atomic mass is 16.6. The van der Waals surface area contributed by atoms with Gasteiger partial charge in [-0.05, 0) is 48.2 Å². The molecule has 2 N–H and O–H groups in total. The molecule has 0 aliphatic carbocycles. The first-order valence-electron chi connectivity index (χ1n) is 13.2. The third-order valence-electron chi connectivity index (χ3n) is 6.60. The summed E-state index contributed by atoms with van der Waals surface area (Å²) in [4.78, 5) is 42.7. The van der Waals surface area contributed by atoms with E-state index in [1.54, 1.807) is 14.2 Å². The Kier molecular flexibility index (Phi) is 10.7. The molecule has 2 atom stereocenters. The van der Waals surface area contributed by atoms with Gasteiger partial charge in [-0.1, -0.05) is 38.1 Å². The lowest BCUT2D eigenvalue weighted by Crippen LogP contribution is -2.52. The van der Waals surface area contributed by atoms with Gasteiger partial charge in [0.15, 0.2) is 11.4 Å². The topological polar surface area (TPSA) is 125 Å². The van der Waals surface area contributed by atoms with E-state index >= 15 is 0 Å². The summed E-state index contributed by atoms with van der Waals surface area (Å²) in [5.74, 6) is -0.670. The van der Waals surface area contributed by atoms with Gasteiger partial charge in [0.25, 0.3) is 5.91 Å². The van der Waals surface area contributed by atoms with Crippen LogP contribution in [0.4, 0.5) is 0 Å². The van der Waals surface area contributed by atoms with E-state index in [0.29, 0.717) is 0 Å². The van der Waals surface area contributed by atoms with Crippen LogP contribution in [0.2, 0.25) is 0 Å². The molecule has 3 aromatic rings. The maximum Gasteiger partial charge on any atom is 0.308 e. The Morgan fingerprint density at radius 2 is 1.29 bits per heavy atom. The van der Waals surface area contributed by atoms with Gasteiger partial charge >= 0.3 is 5.97 Å². The van der Waals surface area contributed by atoms with E-state index in [4.69, 9.17) is 18.9 Å². The molecule has 0 aliphatic rings. The summed E-state index contributed by atoms with van der Waals surface area (Å²) in [6.07, 6.45) is 1.36. The second kappa shape index (κ2) is 14.2. The fourth-order valence-corrected chi connectivity index (χ4v) is 4.53. The molecule has 0 spiro atoms. The molecule has 1 heterocycles. The zero-order valence-electron chi connectivity index (χ0n) is 24.4. The van der Waals surface area contributed by atoms with E-state index in [-0.39, 0.29) is 41.0 Å². The molecular formula is C31H37N3O7. The first-order chi connectivity index (χ1) is 19.6. The highest BCUT2D eigenvalue weighted by molar-refractivity contribution is 5.99. The number of nitrogens with zero attached hydrogens (tertiary/aromatic N) is 1. The highest BCUT2D eigenvalue weighted by Gasteiger charge is 2.31. The average molecular weight is 564 g/mol. The van der Waals surface area contributed by atoms with Crippen LogP contribution in [0.1, 0.15) is 55.2 Å². The van der Waals surface area contributed by atoms with E-state index in [1.807, 2.05) is 69.3 Å². The van der Waals surface area contributed by atoms with Crippen molar-refractivity contribution in [1.82, 2.24) is 15.6 Å². The lowest BCUT2D eigenvalue weighted by atomic mass is 9.85. The molecule has 0 bridgehead atoms. The van der Waals surface area contributed by atoms with E-state index in [9.17, 15) is 14.4 Å². The van der Waals surface area contributed by atoms with Crippen LogP contribution in [0.3, 0.4) is 0 Å². The predicted octanol–water partition coefficient (Wildman–Crippen LogP) is 4.12. The minimum atomic E-state index is -0.907. The maximum atomic E-state index is 13.6. The van der Waals surface area contributed by atoms with Gasteiger partial charge in [-0.15, -0.1) is 0 Å². The zero-order chi connectivity index (χ0) is 30.1. The second-order valence-electron chi connectivity index (χ2n) is 9.80. The van der Waals surface area contributed by atoms with E-state index in [2.05, 4.69) is 15.6 Å². The Bertz CT molecular complexity index is 1290. The van der Waals surface area contributed by atoms with Crippen LogP contribution in [0.15, 0.2) is 60.8 Å². The number of aromatic nitrogens is 1. The Balaban J connectivity index is 1.88. The number of benzene rings is 2. The molecule has 2 aromatic carbocycles. The molecule has 0 saturated heterocycles. The maximum absolute atomic E-state index is 13.6. The van der Waals surface area contributed by atoms with Gasteiger partial charge in [-0.25, -0.2) is 4.98 Å². The molecule has 218 valence electrons. The predicted molar refractivity (Wildman–Crippen MR) is 154 cm³/mol. The van der Waals surface area contributed by atoms with Crippen molar-refractivity contribution in [2.24, 2.45) is 5.92 Å². The number of ether oxygens (including phenoxy) is 4. The smallest absolute Gasteiger partial charge is 0.308 e. The number of amides is 2. The minimum Gasteiger partial charge on any atom is -0.497 e. The number of carbonyl (C=O) groups is 3. The number of hydrogen-bond acceptors (Lipinski definition) is 8. The molecule has 0 unspecified atom stereocenters. The van der Waals surface area contributed by atoms with Crippen molar-refractivity contribution >= 4 is 17.8 Å². The minimum absolute atomic E-state index is 0.115. The number of nitrogens with one attached hydrogen (secondary N) is 2. The Labute approximate surface area is 240 Å². The van der Waals surface area contributed by atoms with Crippen LogP contribution >= 0.6 is 0 Å². The summed E-state index contributed by atoms with van der Waals surface area (Å²) in [7, 11) is 4.60. The monoisotopic (exact) mass is 563 g/mol. The zero-order valence-corrected chi connectivity index (χ0v) is 24.4. The summed E-state index contributed by atoms with van der Waals surface area (Å²) < 4.78 is 21.1. The van der Waals surface area contributed by atoms with Crippen LogP contribution in [0.5, 0.6) is 23.0 Å². The number of esters is 1. The first-order valence-corrected chi connectivity index (χ1v) is 13.2. The Morgan fingerprint density at radius 3 is 1.73 bits per heavy atom. The summed E-state index contributed by atoms with van der Waals surface area (Å²) in [5, 5.41) is 5.85. The van der Waals surface area contributed by atoms with Gasteiger partial charge in [0, 0.05) is 31.1 Å². The van der Waals surface area contributed by atoms with Crippen LogP contribution in [0.25, 0.3) is 0 Å². The van der Waals surface area contributed by atoms with Gasteiger partial charge in [0.2, 0.25) is 11.7 Å². The quantitative estimate of drug-likeness (QED) is 0.315. The van der Waals surface area contributed by atoms with Gasteiger partial charge in [-0.3, -0.25) is 14.4 Å². The first kappa shape index (κ1) is 30.9. The molecule has 3 rings (SSSR count). The number of methoxy groups -OCH3 is 3. The Morgan fingerprint density at radius 1 is 0.756 bits per heavy atom. The molecule has 41 heavy (non-hydrogen) atoms. The molecular weight excluding hydrogens is 526 g/mol. The van der Waals surface area contributed by atoms with Gasteiger partial charge in [-0.2, -0.15) is 0 Å². The standard InChI is InChI=1S/C31H37N3O7/c1-18(2)27(34-31(37)28-29(41-20(4)35)25(40-7)16-17-32-28)30(36)33-19(3)26(21-8-12-23(38-5)13-9-21)22-10-14-24(39-6)15-11-22/h8-19,26-27H,1-7H3,(H,33,36)(H,34,37)/t19-,27-/m0/s1. The number of pyridine rings is 1. The molecule has 10 heteroatoms. The number of rotatable bonds is 12. The van der Waals surface area contributed by atoms with E-state index in [0.717, 1.165) is 22.6 Å². The van der Waals surface area contributed by atoms with E-state index < -0.39 is 17.9 Å². The van der Waals surface area contributed by atoms with Gasteiger partial charge < -0.3 is 29.6 Å². The van der Waals surface area contributed by atoms with Crippen molar-refractivity contribution in [1.29, 1.82) is 0 Å². The molecule has 0 aliphatic heterocycles. The molecule has 0 saturated carbocycles. The summed E-state index contributed by atoms with van der Waals surface area (Å²) >= 11 is 0. The highest BCUT2D eigenvalue weighted by Crippen LogP contribution is 2.32. The van der Waals surface area contributed by atoms with Crippen molar-refractivity contribution in [3.63, 3.8) is 0 Å². The lowest BCUT2D eigenvalue weighted by Gasteiger charge is -2.29. The van der Waals surface area contributed by atoms with Crippen molar-refractivity contribution in [3.8, 4) is 23.0 Å². The fraction of sp³-hybridized carbons (Fsp3) is 0.355. The SMILES string of the molecule is COc1ccc(C(c2ccc(OC)cc2)[C@H](C)NC(=O)[C@@H](NC(=O)c2nccc(OC)c2OC(C)=O)C(C)C)cc1. The number of hydrogen-bond donors (Lipinski definition) is 2. The van der Waals surface area contributed by atoms with Crippen molar-refractivity contribution in [2.45, 2.75) is 45.7 Å². The normalized spacial score (nSPS) is 12.3. The van der Waals surface area contributed by atoms with Gasteiger partial charge in [0.1, 0.15) is 17.5 Å². The Hall–Kier alpha value is -4.60. The molecule has 10 nitrogen and oxygen atoms in total. The molecule has 0 fully saturated rings. The van der Waals surface area contributed by atoms with Crippen molar-refractivity contribution in [3.05, 3.63) is 77.6 Å². The fourth-order valence-electron chi connectivity index (χ4n) is 4.53. The molecule has 2 amide bonds. The van der Waals surface area contributed by atoms with Crippen LogP contribution < -0.4 is 29.6 Å². The second-order valence-corrected chi connectivity index (χ2v) is 9.80. The largest absolute Gasteiger partial charge is 0.497 e. The van der Waals surface area contributed by atoms with Crippen molar-refractivity contribution in [2.75, 3.05) is 21.3 Å². The summed E-state index contributed by atoms with van der Waals surface area (Å²) in [5.41, 5.74) is 1.78. The molecule has 1 aromatic heterocycles. The number of carbonyl (C=O) groups excluding carboxylic acids is 3. The average Bonchev–Trinajstić information content (AvgIpc) is 2.96. The van der Waals surface area contributed by atoms with Gasteiger partial charge in [0.05, 0.1) is 21.3 Å². The third-order valence-corrected chi connectivity index (χ3v) is 6.60. The molecule has 0 radical (unpaired) electrons.